The first-order chi connectivity index (χ1) is 10.0. The first kappa shape index (κ1) is 15.2. The number of amides is 3. The van der Waals surface area contributed by atoms with Crippen LogP contribution in [-0.4, -0.2) is 42.2 Å². The fraction of sp³-hybridized carbons (Fsp3) is 0.385. The molecule has 3 amide bonds. The lowest BCUT2D eigenvalue weighted by Gasteiger charge is -2.13. The molecule has 1 N–H and O–H groups in total. The van der Waals surface area contributed by atoms with Crippen molar-refractivity contribution in [1.82, 2.24) is 4.90 Å². The number of nitrogens with one attached hydrogen (secondary N) is 1. The summed E-state index contributed by atoms with van der Waals surface area (Å²) < 4.78 is 4.61. The highest BCUT2D eigenvalue weighted by Gasteiger charge is 2.28. The average Bonchev–Trinajstić information content (AvgIpc) is 3.04. The van der Waals surface area contributed by atoms with Crippen LogP contribution in [0.1, 0.15) is 28.9 Å². The molecule has 0 aliphatic carbocycles. The van der Waals surface area contributed by atoms with E-state index >= 15 is 0 Å². The second-order valence-electron chi connectivity index (χ2n) is 4.39. The van der Waals surface area contributed by atoms with Gasteiger partial charge in [-0.3, -0.25) is 19.3 Å². The van der Waals surface area contributed by atoms with Crippen LogP contribution in [0.4, 0.5) is 5.69 Å². The minimum absolute atomic E-state index is 0.00601. The summed E-state index contributed by atoms with van der Waals surface area (Å²) in [7, 11) is 1.26. The van der Waals surface area contributed by atoms with Gasteiger partial charge in [-0.25, -0.2) is 4.79 Å². The van der Waals surface area contributed by atoms with Crippen LogP contribution in [-0.2, 0) is 19.1 Å². The van der Waals surface area contributed by atoms with Crippen LogP contribution in [0.2, 0.25) is 0 Å². The molecule has 8 heteroatoms. The van der Waals surface area contributed by atoms with Crippen molar-refractivity contribution in [3.63, 3.8) is 0 Å². The Hall–Kier alpha value is -2.22. The maximum absolute atomic E-state index is 11.8. The van der Waals surface area contributed by atoms with Gasteiger partial charge in [0.1, 0.15) is 4.88 Å². The van der Waals surface area contributed by atoms with Crippen LogP contribution in [0.15, 0.2) is 11.4 Å². The van der Waals surface area contributed by atoms with Gasteiger partial charge in [-0.1, -0.05) is 0 Å². The maximum atomic E-state index is 11.8. The number of nitrogens with zero attached hydrogens (tertiary/aromatic N) is 1. The van der Waals surface area contributed by atoms with Crippen LogP contribution < -0.4 is 5.32 Å². The number of hydrogen-bond acceptors (Lipinski definition) is 6. The summed E-state index contributed by atoms with van der Waals surface area (Å²) in [6.07, 6.45) is 0.406. The Morgan fingerprint density at radius 1 is 1.33 bits per heavy atom. The molecule has 21 heavy (non-hydrogen) atoms. The first-order valence-corrected chi connectivity index (χ1v) is 7.19. The summed E-state index contributed by atoms with van der Waals surface area (Å²) in [5, 5.41) is 4.24. The van der Waals surface area contributed by atoms with Crippen LogP contribution in [0.25, 0.3) is 0 Å². The van der Waals surface area contributed by atoms with E-state index in [-0.39, 0.29) is 43.5 Å². The summed E-state index contributed by atoms with van der Waals surface area (Å²) in [6.45, 7) is 0.0567. The molecule has 0 saturated carbocycles. The van der Waals surface area contributed by atoms with Gasteiger partial charge in [0.05, 0.1) is 12.8 Å². The van der Waals surface area contributed by atoms with Gasteiger partial charge >= 0.3 is 5.97 Å². The first-order valence-electron chi connectivity index (χ1n) is 6.31. The predicted octanol–water partition coefficient (Wildman–Crippen LogP) is 1.01. The number of rotatable bonds is 5. The third-order valence-electron chi connectivity index (χ3n) is 3.03. The van der Waals surface area contributed by atoms with E-state index in [0.717, 1.165) is 16.2 Å². The number of methoxy groups -OCH3 is 1. The number of anilines is 1. The van der Waals surface area contributed by atoms with Gasteiger partial charge in [-0.15, -0.1) is 11.3 Å². The molecule has 1 aliphatic rings. The molecule has 0 radical (unpaired) electrons. The van der Waals surface area contributed by atoms with E-state index in [2.05, 4.69) is 10.1 Å². The molecule has 0 bridgehead atoms. The Labute approximate surface area is 124 Å². The summed E-state index contributed by atoms with van der Waals surface area (Å²) in [6, 6.07) is 1.60. The molecule has 2 rings (SSSR count). The fourth-order valence-electron chi connectivity index (χ4n) is 1.96. The zero-order chi connectivity index (χ0) is 15.4. The van der Waals surface area contributed by atoms with Crippen molar-refractivity contribution in [2.45, 2.75) is 19.3 Å². The third-order valence-corrected chi connectivity index (χ3v) is 3.92. The quantitative estimate of drug-likeness (QED) is 0.647. The van der Waals surface area contributed by atoms with Gasteiger partial charge in [0, 0.05) is 25.8 Å². The molecule has 0 aromatic carbocycles. The van der Waals surface area contributed by atoms with Gasteiger partial charge in [-0.2, -0.15) is 0 Å². The summed E-state index contributed by atoms with van der Waals surface area (Å²) >= 11 is 1.16. The SMILES string of the molecule is COC(=O)c1sccc1NC(=O)CCN1C(=O)CCC1=O. The number of ether oxygens (including phenoxy) is 1. The normalized spacial score (nSPS) is 14.4. The summed E-state index contributed by atoms with van der Waals surface area (Å²) in [5.41, 5.74) is 0.371. The van der Waals surface area contributed by atoms with Gasteiger partial charge in [0.15, 0.2) is 0 Å². The number of thiophene rings is 1. The fourth-order valence-corrected chi connectivity index (χ4v) is 2.72. The molecule has 0 spiro atoms. The molecule has 112 valence electrons. The van der Waals surface area contributed by atoms with E-state index in [9.17, 15) is 19.2 Å². The monoisotopic (exact) mass is 310 g/mol. The van der Waals surface area contributed by atoms with E-state index in [4.69, 9.17) is 0 Å². The highest BCUT2D eigenvalue weighted by atomic mass is 32.1. The number of carbonyl (C=O) groups is 4. The van der Waals surface area contributed by atoms with Gasteiger partial charge < -0.3 is 10.1 Å². The lowest BCUT2D eigenvalue weighted by molar-refractivity contribution is -0.138. The molecule has 1 saturated heterocycles. The van der Waals surface area contributed by atoms with Crippen LogP contribution in [0.3, 0.4) is 0 Å². The van der Waals surface area contributed by atoms with Crippen LogP contribution >= 0.6 is 11.3 Å². The van der Waals surface area contributed by atoms with Crippen molar-refractivity contribution in [2.75, 3.05) is 19.0 Å². The highest BCUT2D eigenvalue weighted by molar-refractivity contribution is 7.12. The molecule has 7 nitrogen and oxygen atoms in total. The van der Waals surface area contributed by atoms with E-state index in [1.807, 2.05) is 0 Å². The van der Waals surface area contributed by atoms with Crippen molar-refractivity contribution < 1.29 is 23.9 Å². The lowest BCUT2D eigenvalue weighted by Crippen LogP contribution is -2.32. The third kappa shape index (κ3) is 3.46. The van der Waals surface area contributed by atoms with Crippen molar-refractivity contribution in [3.8, 4) is 0 Å². The van der Waals surface area contributed by atoms with E-state index in [1.165, 1.54) is 7.11 Å². The Balaban J connectivity index is 1.91. The van der Waals surface area contributed by atoms with Gasteiger partial charge in [0.25, 0.3) is 0 Å². The summed E-state index contributed by atoms with van der Waals surface area (Å²) in [4.78, 5) is 47.5. The van der Waals surface area contributed by atoms with Crippen LogP contribution in [0.5, 0.6) is 0 Å². The van der Waals surface area contributed by atoms with Crippen molar-refractivity contribution in [3.05, 3.63) is 16.3 Å². The number of imide groups is 1. The Bertz CT molecular complexity index is 579. The zero-order valence-corrected chi connectivity index (χ0v) is 12.2. The molecule has 1 fully saturated rings. The number of esters is 1. The van der Waals surface area contributed by atoms with Gasteiger partial charge in [0.2, 0.25) is 17.7 Å². The topological polar surface area (TPSA) is 92.8 Å². The standard InChI is InChI=1S/C13H14N2O5S/c1-20-13(19)12-8(5-7-21-12)14-9(16)4-6-15-10(17)2-3-11(15)18/h5,7H,2-4,6H2,1H3,(H,14,16). The maximum Gasteiger partial charge on any atom is 0.350 e. The van der Waals surface area contributed by atoms with E-state index in [0.29, 0.717) is 10.6 Å². The molecule has 0 atom stereocenters. The van der Waals surface area contributed by atoms with Gasteiger partial charge in [-0.05, 0) is 11.4 Å². The van der Waals surface area contributed by atoms with Crippen LogP contribution in [0, 0.1) is 0 Å². The molecule has 2 heterocycles. The highest BCUT2D eigenvalue weighted by Crippen LogP contribution is 2.23. The van der Waals surface area contributed by atoms with Crippen molar-refractivity contribution in [2.24, 2.45) is 0 Å². The van der Waals surface area contributed by atoms with E-state index < -0.39 is 5.97 Å². The summed E-state index contributed by atoms with van der Waals surface area (Å²) in [5.74, 6) is -1.39. The second kappa shape index (κ2) is 6.49. The molecule has 1 aromatic heterocycles. The Morgan fingerprint density at radius 2 is 2.00 bits per heavy atom. The Morgan fingerprint density at radius 3 is 2.62 bits per heavy atom. The number of carbonyl (C=O) groups excluding carboxylic acids is 4. The molecular formula is C13H14N2O5S. The zero-order valence-electron chi connectivity index (χ0n) is 11.4. The van der Waals surface area contributed by atoms with Crippen molar-refractivity contribution >= 4 is 40.7 Å². The number of hydrogen-bond donors (Lipinski definition) is 1. The minimum atomic E-state index is -0.523. The number of likely N-dealkylation sites (tertiary alicyclic amines) is 1. The van der Waals surface area contributed by atoms with Crippen molar-refractivity contribution in [1.29, 1.82) is 0 Å². The lowest BCUT2D eigenvalue weighted by atomic mass is 10.3. The smallest absolute Gasteiger partial charge is 0.350 e. The second-order valence-corrected chi connectivity index (χ2v) is 5.31. The molecule has 1 aromatic rings. The molecule has 0 unspecified atom stereocenters. The predicted molar refractivity (Wildman–Crippen MR) is 74.9 cm³/mol. The molecule has 1 aliphatic heterocycles. The minimum Gasteiger partial charge on any atom is -0.465 e. The Kier molecular flexibility index (Phi) is 4.69. The molecular weight excluding hydrogens is 296 g/mol. The average molecular weight is 310 g/mol. The van der Waals surface area contributed by atoms with E-state index in [1.54, 1.807) is 11.4 Å². The largest absolute Gasteiger partial charge is 0.465 e.